The number of H-pyrrole nitrogens is 2. The Hall–Kier alpha value is -4.15. The van der Waals surface area contributed by atoms with Crippen molar-refractivity contribution in [2.45, 2.75) is 6.54 Å². The van der Waals surface area contributed by atoms with Gasteiger partial charge in [0.2, 0.25) is 0 Å². The molecule has 34 heavy (non-hydrogen) atoms. The van der Waals surface area contributed by atoms with Gasteiger partial charge in [0.25, 0.3) is 5.91 Å². The molecule has 10 heteroatoms. The highest BCUT2D eigenvalue weighted by Crippen LogP contribution is 2.27. The quantitative estimate of drug-likeness (QED) is 0.373. The summed E-state index contributed by atoms with van der Waals surface area (Å²) in [5.41, 5.74) is 5.11. The fourth-order valence-electron chi connectivity index (χ4n) is 4.22. The second kappa shape index (κ2) is 8.65. The van der Waals surface area contributed by atoms with Crippen LogP contribution in [-0.2, 0) is 11.3 Å². The van der Waals surface area contributed by atoms with Crippen LogP contribution in [0.5, 0.6) is 0 Å². The largest absolute Gasteiger partial charge is 0.379 e. The number of carbonyl (C=O) groups excluding carboxylic acids is 1. The number of nitrogens with one attached hydrogen (secondary N) is 3. The molecule has 0 radical (unpaired) electrons. The molecule has 1 saturated heterocycles. The third kappa shape index (κ3) is 3.89. The zero-order valence-electron chi connectivity index (χ0n) is 18.3. The Morgan fingerprint density at radius 1 is 1.12 bits per heavy atom. The zero-order valence-corrected chi connectivity index (χ0v) is 18.3. The van der Waals surface area contributed by atoms with E-state index in [4.69, 9.17) is 9.72 Å². The molecule has 4 heterocycles. The summed E-state index contributed by atoms with van der Waals surface area (Å²) >= 11 is 0. The molecule has 1 aliphatic rings. The first kappa shape index (κ1) is 20.5. The molecule has 0 unspecified atom stereocenters. The number of morpholine rings is 1. The summed E-state index contributed by atoms with van der Waals surface area (Å²) in [6.45, 7) is 4.27. The summed E-state index contributed by atoms with van der Waals surface area (Å²) in [6, 6.07) is 13.6. The zero-order chi connectivity index (χ0) is 22.9. The molecule has 0 saturated carbocycles. The van der Waals surface area contributed by atoms with Gasteiger partial charge in [-0.05, 0) is 23.8 Å². The van der Waals surface area contributed by atoms with Crippen LogP contribution in [0, 0.1) is 0 Å². The van der Waals surface area contributed by atoms with E-state index in [0.717, 1.165) is 49.3 Å². The minimum absolute atomic E-state index is 0.294. The molecule has 0 bridgehead atoms. The Labute approximate surface area is 194 Å². The number of anilines is 1. The van der Waals surface area contributed by atoms with Gasteiger partial charge in [0.1, 0.15) is 0 Å². The number of nitrogens with zero attached hydrogens (tertiary/aromatic N) is 5. The van der Waals surface area contributed by atoms with Crippen LogP contribution < -0.4 is 5.32 Å². The van der Waals surface area contributed by atoms with E-state index in [1.807, 2.05) is 30.3 Å². The number of hydrogen-bond acceptors (Lipinski definition) is 7. The summed E-state index contributed by atoms with van der Waals surface area (Å²) in [6.07, 6.45) is 3.11. The summed E-state index contributed by atoms with van der Waals surface area (Å²) in [7, 11) is 0. The van der Waals surface area contributed by atoms with E-state index in [0.29, 0.717) is 28.3 Å². The first-order valence-electron chi connectivity index (χ1n) is 11.1. The van der Waals surface area contributed by atoms with Crippen molar-refractivity contribution in [3.05, 3.63) is 66.0 Å². The Kier molecular flexibility index (Phi) is 5.21. The second-order valence-electron chi connectivity index (χ2n) is 8.20. The monoisotopic (exact) mass is 454 g/mol. The smallest absolute Gasteiger partial charge is 0.258 e. The first-order valence-corrected chi connectivity index (χ1v) is 11.1. The average molecular weight is 454 g/mol. The van der Waals surface area contributed by atoms with Gasteiger partial charge in [0.15, 0.2) is 11.5 Å². The van der Waals surface area contributed by atoms with E-state index in [1.165, 1.54) is 11.8 Å². The van der Waals surface area contributed by atoms with Gasteiger partial charge in [-0.15, -0.1) is 0 Å². The topological polar surface area (TPSA) is 125 Å². The maximum atomic E-state index is 13.1. The first-order chi connectivity index (χ1) is 16.7. The molecule has 170 valence electrons. The number of hydrogen-bond donors (Lipinski definition) is 3. The van der Waals surface area contributed by atoms with Crippen molar-refractivity contribution >= 4 is 33.5 Å². The minimum Gasteiger partial charge on any atom is -0.379 e. The van der Waals surface area contributed by atoms with Crippen LogP contribution in [0.2, 0.25) is 0 Å². The van der Waals surface area contributed by atoms with Crippen LogP contribution in [0.4, 0.5) is 5.69 Å². The fraction of sp³-hybridized carbons (Fsp3) is 0.208. The molecule has 2 aromatic carbocycles. The number of amides is 1. The normalized spacial score (nSPS) is 14.6. The van der Waals surface area contributed by atoms with E-state index in [1.54, 1.807) is 6.20 Å². The summed E-state index contributed by atoms with van der Waals surface area (Å²) in [5.74, 6) is 0.283. The van der Waals surface area contributed by atoms with Crippen molar-refractivity contribution in [2.24, 2.45) is 0 Å². The van der Waals surface area contributed by atoms with Gasteiger partial charge >= 0.3 is 0 Å². The molecule has 1 amide bonds. The van der Waals surface area contributed by atoms with Gasteiger partial charge in [-0.2, -0.15) is 15.3 Å². The van der Waals surface area contributed by atoms with Crippen molar-refractivity contribution in [3.63, 3.8) is 0 Å². The van der Waals surface area contributed by atoms with Crippen molar-refractivity contribution in [1.82, 2.24) is 35.3 Å². The number of carbonyl (C=O) groups is 1. The molecule has 5 aromatic rings. The lowest BCUT2D eigenvalue weighted by molar-refractivity contribution is 0.0342. The van der Waals surface area contributed by atoms with Gasteiger partial charge < -0.3 is 15.0 Å². The van der Waals surface area contributed by atoms with Crippen molar-refractivity contribution in [1.29, 1.82) is 0 Å². The van der Waals surface area contributed by atoms with E-state index in [9.17, 15) is 4.79 Å². The van der Waals surface area contributed by atoms with Crippen LogP contribution in [0.1, 0.15) is 15.9 Å². The highest BCUT2D eigenvalue weighted by Gasteiger charge is 2.18. The molecule has 1 aliphatic heterocycles. The third-order valence-electron chi connectivity index (χ3n) is 5.96. The van der Waals surface area contributed by atoms with E-state index in [2.05, 4.69) is 47.7 Å². The maximum absolute atomic E-state index is 13.1. The lowest BCUT2D eigenvalue weighted by atomic mass is 10.1. The Morgan fingerprint density at radius 3 is 2.91 bits per heavy atom. The third-order valence-corrected chi connectivity index (χ3v) is 5.96. The highest BCUT2D eigenvalue weighted by atomic mass is 16.5. The van der Waals surface area contributed by atoms with Crippen LogP contribution in [0.15, 0.2) is 54.9 Å². The number of imidazole rings is 1. The molecular formula is C24H22N8O2. The van der Waals surface area contributed by atoms with E-state index >= 15 is 0 Å². The lowest BCUT2D eigenvalue weighted by Gasteiger charge is -2.26. The number of aromatic nitrogens is 6. The number of rotatable bonds is 5. The standard InChI is InChI=1S/C24H22N8O2/c33-24(17-12-25-30-18-4-2-1-3-16(17)18)29-21-13-26-31-22(21)23-27-19-6-5-15(11-20(19)28-23)14-32-7-9-34-10-8-32/h1-6,11-13H,7-10,14H2,(H,26,31)(H,27,28)(H,29,33). The van der Waals surface area contributed by atoms with Crippen LogP contribution >= 0.6 is 0 Å². The Bertz CT molecular complexity index is 1480. The predicted octanol–water partition coefficient (Wildman–Crippen LogP) is 2.98. The lowest BCUT2D eigenvalue weighted by Crippen LogP contribution is -2.35. The highest BCUT2D eigenvalue weighted by molar-refractivity contribution is 6.12. The van der Waals surface area contributed by atoms with E-state index < -0.39 is 0 Å². The molecular weight excluding hydrogens is 432 g/mol. The molecule has 0 atom stereocenters. The molecule has 1 fully saturated rings. The van der Waals surface area contributed by atoms with Gasteiger partial charge in [-0.3, -0.25) is 14.8 Å². The van der Waals surface area contributed by atoms with Gasteiger partial charge in [0, 0.05) is 31.2 Å². The Morgan fingerprint density at radius 2 is 2.00 bits per heavy atom. The predicted molar refractivity (Wildman–Crippen MR) is 127 cm³/mol. The Balaban J connectivity index is 1.26. The summed E-state index contributed by atoms with van der Waals surface area (Å²) in [4.78, 5) is 23.5. The average Bonchev–Trinajstić information content (AvgIpc) is 3.50. The van der Waals surface area contributed by atoms with Gasteiger partial charge in [0.05, 0.1) is 47.2 Å². The number of ether oxygens (including phenoxy) is 1. The summed E-state index contributed by atoms with van der Waals surface area (Å²) in [5, 5.41) is 18.9. The molecule has 3 N–H and O–H groups in total. The molecule has 0 aliphatic carbocycles. The van der Waals surface area contributed by atoms with Crippen molar-refractivity contribution < 1.29 is 9.53 Å². The number of fused-ring (bicyclic) bond motifs is 2. The van der Waals surface area contributed by atoms with Gasteiger partial charge in [-0.25, -0.2) is 4.98 Å². The molecule has 6 rings (SSSR count). The maximum Gasteiger partial charge on any atom is 0.258 e. The van der Waals surface area contributed by atoms with Crippen molar-refractivity contribution in [3.8, 4) is 11.5 Å². The van der Waals surface area contributed by atoms with Crippen LogP contribution in [-0.4, -0.2) is 67.5 Å². The number of benzene rings is 2. The van der Waals surface area contributed by atoms with Crippen molar-refractivity contribution in [2.75, 3.05) is 31.6 Å². The minimum atomic E-state index is -0.294. The molecule has 10 nitrogen and oxygen atoms in total. The summed E-state index contributed by atoms with van der Waals surface area (Å²) < 4.78 is 5.43. The van der Waals surface area contributed by atoms with Gasteiger partial charge in [-0.1, -0.05) is 24.3 Å². The van der Waals surface area contributed by atoms with Crippen LogP contribution in [0.3, 0.4) is 0 Å². The SMILES string of the molecule is O=C(Nc1c[nH]nc1-c1nc2cc(CN3CCOCC3)ccc2[nH]1)c1cnnc2ccccc12. The molecule has 3 aromatic heterocycles. The second-order valence-corrected chi connectivity index (χ2v) is 8.20. The van der Waals surface area contributed by atoms with Crippen LogP contribution in [0.25, 0.3) is 33.5 Å². The fourth-order valence-corrected chi connectivity index (χ4v) is 4.22. The van der Waals surface area contributed by atoms with E-state index in [-0.39, 0.29) is 5.91 Å². The molecule has 0 spiro atoms. The number of aromatic amines is 2.